The quantitative estimate of drug-likeness (QED) is 0.710. The molecule has 0 aromatic rings. The number of nitriles is 1. The molecule has 5 nitrogen and oxygen atoms in total. The third kappa shape index (κ3) is 3.16. The lowest BCUT2D eigenvalue weighted by Crippen LogP contribution is -2.44. The lowest BCUT2D eigenvalue weighted by molar-refractivity contribution is 0.317. The summed E-state index contributed by atoms with van der Waals surface area (Å²) in [6.07, 6.45) is 3.22. The maximum absolute atomic E-state index is 11.9. The monoisotopic (exact) mass is 231 g/mol. The van der Waals surface area contributed by atoms with Crippen LogP contribution in [0.15, 0.2) is 0 Å². The maximum atomic E-state index is 11.9. The number of hydrogen-bond acceptors (Lipinski definition) is 3. The second-order valence-electron chi connectivity index (χ2n) is 3.70. The Morgan fingerprint density at radius 1 is 1.33 bits per heavy atom. The van der Waals surface area contributed by atoms with Crippen molar-refractivity contribution in [2.24, 2.45) is 0 Å². The second kappa shape index (κ2) is 5.45. The Balaban J connectivity index is 2.60. The van der Waals surface area contributed by atoms with E-state index in [0.29, 0.717) is 13.1 Å². The zero-order chi connectivity index (χ0) is 11.3. The molecule has 1 saturated heterocycles. The summed E-state index contributed by atoms with van der Waals surface area (Å²) in [5.41, 5.74) is 0. The van der Waals surface area contributed by atoms with Gasteiger partial charge in [0.2, 0.25) is 0 Å². The predicted octanol–water partition coefficient (Wildman–Crippen LogP) is 0.563. The van der Waals surface area contributed by atoms with Crippen molar-refractivity contribution in [1.82, 2.24) is 8.61 Å². The van der Waals surface area contributed by atoms with Gasteiger partial charge in [-0.1, -0.05) is 6.42 Å². The zero-order valence-electron chi connectivity index (χ0n) is 9.02. The first-order valence-electron chi connectivity index (χ1n) is 5.17. The van der Waals surface area contributed by atoms with Crippen molar-refractivity contribution in [3.8, 4) is 6.07 Å². The summed E-state index contributed by atoms with van der Waals surface area (Å²) in [6.45, 7) is 1.49. The summed E-state index contributed by atoms with van der Waals surface area (Å²) in [5.74, 6) is 0. The molecule has 1 heterocycles. The standard InChI is InChI=1S/C9H17N3O2S/c1-11(7-5-6-10)15(13,14)12-8-3-2-4-9-12/h2-5,7-9H2,1H3. The normalized spacial score (nSPS) is 19.0. The molecule has 0 bridgehead atoms. The summed E-state index contributed by atoms with van der Waals surface area (Å²) < 4.78 is 26.6. The Bertz CT molecular complexity index is 328. The van der Waals surface area contributed by atoms with Crippen molar-refractivity contribution < 1.29 is 8.42 Å². The van der Waals surface area contributed by atoms with Crippen LogP contribution in [-0.4, -0.2) is 43.7 Å². The lowest BCUT2D eigenvalue weighted by atomic mass is 10.2. The van der Waals surface area contributed by atoms with Crippen LogP contribution in [0.1, 0.15) is 25.7 Å². The summed E-state index contributed by atoms with van der Waals surface area (Å²) >= 11 is 0. The van der Waals surface area contributed by atoms with Gasteiger partial charge in [-0.3, -0.25) is 0 Å². The Morgan fingerprint density at radius 3 is 2.47 bits per heavy atom. The van der Waals surface area contributed by atoms with Crippen molar-refractivity contribution in [3.05, 3.63) is 0 Å². The average Bonchev–Trinajstić information content (AvgIpc) is 2.27. The third-order valence-corrected chi connectivity index (χ3v) is 4.56. The summed E-state index contributed by atoms with van der Waals surface area (Å²) in [7, 11) is -1.79. The molecule has 1 rings (SSSR count). The van der Waals surface area contributed by atoms with Gasteiger partial charge in [0, 0.05) is 33.1 Å². The summed E-state index contributed by atoms with van der Waals surface area (Å²) in [4.78, 5) is 0. The van der Waals surface area contributed by atoms with E-state index in [2.05, 4.69) is 0 Å². The minimum Gasteiger partial charge on any atom is -0.198 e. The molecule has 0 spiro atoms. The van der Waals surface area contributed by atoms with Gasteiger partial charge in [0.1, 0.15) is 0 Å². The van der Waals surface area contributed by atoms with Crippen molar-refractivity contribution in [3.63, 3.8) is 0 Å². The molecular weight excluding hydrogens is 214 g/mol. The van der Waals surface area contributed by atoms with Crippen molar-refractivity contribution >= 4 is 10.2 Å². The van der Waals surface area contributed by atoms with E-state index in [4.69, 9.17) is 5.26 Å². The fraction of sp³-hybridized carbons (Fsp3) is 0.889. The summed E-state index contributed by atoms with van der Waals surface area (Å²) in [5, 5.41) is 8.41. The number of rotatable bonds is 4. The van der Waals surface area contributed by atoms with Crippen molar-refractivity contribution in [1.29, 1.82) is 5.26 Å². The van der Waals surface area contributed by atoms with Crippen LogP contribution in [0.3, 0.4) is 0 Å². The Kier molecular flexibility index (Phi) is 4.51. The van der Waals surface area contributed by atoms with Gasteiger partial charge in [-0.15, -0.1) is 0 Å². The van der Waals surface area contributed by atoms with Gasteiger partial charge in [-0.25, -0.2) is 0 Å². The fourth-order valence-corrected chi connectivity index (χ4v) is 3.05. The Morgan fingerprint density at radius 2 is 1.93 bits per heavy atom. The highest BCUT2D eigenvalue weighted by Gasteiger charge is 2.27. The van der Waals surface area contributed by atoms with Crippen LogP contribution in [0.25, 0.3) is 0 Å². The van der Waals surface area contributed by atoms with Crippen LogP contribution in [0.2, 0.25) is 0 Å². The Labute approximate surface area is 91.5 Å². The molecule has 6 heteroatoms. The van der Waals surface area contributed by atoms with Crippen LogP contribution in [0.4, 0.5) is 0 Å². The highest BCUT2D eigenvalue weighted by Crippen LogP contribution is 2.15. The van der Waals surface area contributed by atoms with Gasteiger partial charge in [0.15, 0.2) is 0 Å². The zero-order valence-corrected chi connectivity index (χ0v) is 9.83. The van der Waals surface area contributed by atoms with E-state index in [0.717, 1.165) is 19.3 Å². The van der Waals surface area contributed by atoms with Gasteiger partial charge < -0.3 is 0 Å². The van der Waals surface area contributed by atoms with Crippen LogP contribution >= 0.6 is 0 Å². The molecule has 0 unspecified atom stereocenters. The number of piperidine rings is 1. The number of nitrogens with zero attached hydrogens (tertiary/aromatic N) is 3. The molecule has 0 N–H and O–H groups in total. The topological polar surface area (TPSA) is 64.4 Å². The van der Waals surface area contributed by atoms with Gasteiger partial charge in [-0.05, 0) is 12.8 Å². The minimum atomic E-state index is -3.32. The van der Waals surface area contributed by atoms with E-state index in [9.17, 15) is 8.42 Å². The minimum absolute atomic E-state index is 0.240. The first-order valence-corrected chi connectivity index (χ1v) is 6.57. The molecule has 0 aromatic heterocycles. The molecule has 1 aliphatic rings. The lowest BCUT2D eigenvalue weighted by Gasteiger charge is -2.29. The van der Waals surface area contributed by atoms with Gasteiger partial charge in [-0.2, -0.15) is 22.3 Å². The van der Waals surface area contributed by atoms with Crippen molar-refractivity contribution in [2.75, 3.05) is 26.7 Å². The first-order chi connectivity index (χ1) is 7.09. The van der Waals surface area contributed by atoms with Crippen LogP contribution in [0.5, 0.6) is 0 Å². The smallest absolute Gasteiger partial charge is 0.198 e. The molecule has 0 atom stereocenters. The molecule has 0 aliphatic carbocycles. The van der Waals surface area contributed by atoms with Crippen molar-refractivity contribution in [2.45, 2.75) is 25.7 Å². The summed E-state index contributed by atoms with van der Waals surface area (Å²) in [6, 6.07) is 1.95. The molecule has 0 radical (unpaired) electrons. The molecular formula is C9H17N3O2S. The van der Waals surface area contributed by atoms with Gasteiger partial charge >= 0.3 is 0 Å². The molecule has 0 amide bonds. The van der Waals surface area contributed by atoms with Crippen LogP contribution in [0, 0.1) is 11.3 Å². The third-order valence-electron chi connectivity index (χ3n) is 2.57. The number of hydrogen-bond donors (Lipinski definition) is 0. The largest absolute Gasteiger partial charge is 0.281 e. The molecule has 15 heavy (non-hydrogen) atoms. The van der Waals surface area contributed by atoms with Crippen LogP contribution < -0.4 is 0 Å². The Hall–Kier alpha value is -0.640. The van der Waals surface area contributed by atoms with E-state index in [1.54, 1.807) is 0 Å². The van der Waals surface area contributed by atoms with E-state index in [-0.39, 0.29) is 13.0 Å². The molecule has 0 saturated carbocycles. The second-order valence-corrected chi connectivity index (χ2v) is 5.73. The van der Waals surface area contributed by atoms with E-state index >= 15 is 0 Å². The highest BCUT2D eigenvalue weighted by atomic mass is 32.2. The molecule has 86 valence electrons. The van der Waals surface area contributed by atoms with Gasteiger partial charge in [0.05, 0.1) is 6.07 Å². The fourth-order valence-electron chi connectivity index (χ4n) is 1.62. The van der Waals surface area contributed by atoms with Gasteiger partial charge in [0.25, 0.3) is 10.2 Å². The highest BCUT2D eigenvalue weighted by molar-refractivity contribution is 7.86. The first kappa shape index (κ1) is 12.4. The van der Waals surface area contributed by atoms with E-state index in [1.807, 2.05) is 6.07 Å². The SMILES string of the molecule is CN(CCC#N)S(=O)(=O)N1CCCCC1. The van der Waals surface area contributed by atoms with Crippen LogP contribution in [-0.2, 0) is 10.2 Å². The molecule has 0 aromatic carbocycles. The van der Waals surface area contributed by atoms with E-state index < -0.39 is 10.2 Å². The maximum Gasteiger partial charge on any atom is 0.281 e. The molecule has 1 fully saturated rings. The molecule has 1 aliphatic heterocycles. The predicted molar refractivity (Wildman–Crippen MR) is 57.2 cm³/mol. The average molecular weight is 231 g/mol. The van der Waals surface area contributed by atoms with E-state index in [1.165, 1.54) is 15.7 Å².